The summed E-state index contributed by atoms with van der Waals surface area (Å²) >= 11 is 0. The first-order valence-corrected chi connectivity index (χ1v) is 7.70. The average Bonchev–Trinajstić information content (AvgIpc) is 2.89. The molecule has 1 unspecified atom stereocenters. The number of carbonyl (C=O) groups excluding carboxylic acids is 2. The van der Waals surface area contributed by atoms with E-state index in [-0.39, 0.29) is 24.2 Å². The Balaban J connectivity index is 1.98. The second-order valence-electron chi connectivity index (χ2n) is 5.94. The van der Waals surface area contributed by atoms with Gasteiger partial charge < -0.3 is 15.0 Å². The highest BCUT2D eigenvalue weighted by molar-refractivity contribution is 6.00. The third kappa shape index (κ3) is 3.85. The Bertz CT molecular complexity index is 525. The molecule has 5 nitrogen and oxygen atoms in total. The molecule has 0 aromatic heterocycles. The van der Waals surface area contributed by atoms with E-state index in [2.05, 4.69) is 19.2 Å². The summed E-state index contributed by atoms with van der Waals surface area (Å²) in [5.41, 5.74) is 2.10. The summed E-state index contributed by atoms with van der Waals surface area (Å²) in [6.45, 7) is 5.67. The Morgan fingerprint density at radius 2 is 2.05 bits per heavy atom. The predicted molar refractivity (Wildman–Crippen MR) is 85.9 cm³/mol. The fourth-order valence-corrected chi connectivity index (χ4v) is 2.59. The zero-order valence-electron chi connectivity index (χ0n) is 13.5. The predicted octanol–water partition coefficient (Wildman–Crippen LogP) is 1.93. The summed E-state index contributed by atoms with van der Waals surface area (Å²) < 4.78 is 4.90. The lowest BCUT2D eigenvalue weighted by Gasteiger charge is -2.17. The molecule has 1 aliphatic rings. The van der Waals surface area contributed by atoms with Crippen LogP contribution in [0.4, 0.5) is 5.69 Å². The molecule has 2 rings (SSSR count). The Hall–Kier alpha value is -1.88. The summed E-state index contributed by atoms with van der Waals surface area (Å²) in [6, 6.07) is 8.00. The van der Waals surface area contributed by atoms with Crippen molar-refractivity contribution in [2.75, 3.05) is 31.7 Å². The third-order valence-electron chi connectivity index (χ3n) is 3.97. The van der Waals surface area contributed by atoms with Crippen molar-refractivity contribution in [1.29, 1.82) is 0 Å². The van der Waals surface area contributed by atoms with Crippen LogP contribution in [0, 0.1) is 5.92 Å². The van der Waals surface area contributed by atoms with Crippen LogP contribution in [0.25, 0.3) is 0 Å². The Labute approximate surface area is 131 Å². The molecule has 120 valence electrons. The van der Waals surface area contributed by atoms with E-state index in [0.29, 0.717) is 25.6 Å². The van der Waals surface area contributed by atoms with Gasteiger partial charge in [0.05, 0.1) is 12.5 Å². The third-order valence-corrected chi connectivity index (χ3v) is 3.97. The number of rotatable bonds is 6. The molecule has 1 fully saturated rings. The molecule has 1 N–H and O–H groups in total. The molecule has 2 amide bonds. The maximum Gasteiger partial charge on any atom is 0.227 e. The lowest BCUT2D eigenvalue weighted by molar-refractivity contribution is -0.126. The van der Waals surface area contributed by atoms with Gasteiger partial charge in [-0.15, -0.1) is 0 Å². The smallest absolute Gasteiger partial charge is 0.227 e. The SMILES string of the molecule is COCCNC(=O)C1CC(=O)N(c2ccc(C(C)C)cc2)C1. The molecule has 0 spiro atoms. The van der Waals surface area contributed by atoms with Gasteiger partial charge in [0.15, 0.2) is 0 Å². The van der Waals surface area contributed by atoms with Gasteiger partial charge >= 0.3 is 0 Å². The molecule has 1 atom stereocenters. The van der Waals surface area contributed by atoms with Gasteiger partial charge in [0, 0.05) is 32.3 Å². The molecule has 1 saturated heterocycles. The van der Waals surface area contributed by atoms with Crippen molar-refractivity contribution >= 4 is 17.5 Å². The van der Waals surface area contributed by atoms with Crippen LogP contribution in [-0.4, -0.2) is 38.6 Å². The van der Waals surface area contributed by atoms with E-state index in [1.54, 1.807) is 12.0 Å². The van der Waals surface area contributed by atoms with Gasteiger partial charge in [0.1, 0.15) is 0 Å². The zero-order valence-corrected chi connectivity index (χ0v) is 13.5. The molecular formula is C17H24N2O3. The van der Waals surface area contributed by atoms with Crippen molar-refractivity contribution in [2.24, 2.45) is 5.92 Å². The number of amides is 2. The molecule has 0 radical (unpaired) electrons. The highest BCUT2D eigenvalue weighted by atomic mass is 16.5. The van der Waals surface area contributed by atoms with Crippen molar-refractivity contribution in [3.63, 3.8) is 0 Å². The summed E-state index contributed by atoms with van der Waals surface area (Å²) in [5, 5.41) is 2.80. The quantitative estimate of drug-likeness (QED) is 0.817. The highest BCUT2D eigenvalue weighted by Crippen LogP contribution is 2.26. The van der Waals surface area contributed by atoms with Gasteiger partial charge in [0.2, 0.25) is 11.8 Å². The summed E-state index contributed by atoms with van der Waals surface area (Å²) in [6.07, 6.45) is 0.269. The molecule has 1 aromatic rings. The number of methoxy groups -OCH3 is 1. The molecule has 0 saturated carbocycles. The van der Waals surface area contributed by atoms with E-state index in [1.807, 2.05) is 24.3 Å². The maximum absolute atomic E-state index is 12.2. The van der Waals surface area contributed by atoms with Crippen molar-refractivity contribution in [3.05, 3.63) is 29.8 Å². The number of nitrogens with one attached hydrogen (secondary N) is 1. The second kappa shape index (κ2) is 7.40. The fraction of sp³-hybridized carbons (Fsp3) is 0.529. The van der Waals surface area contributed by atoms with Crippen LogP contribution in [0.5, 0.6) is 0 Å². The molecule has 1 aliphatic heterocycles. The topological polar surface area (TPSA) is 58.6 Å². The minimum atomic E-state index is -0.283. The average molecular weight is 304 g/mol. The van der Waals surface area contributed by atoms with Crippen LogP contribution in [-0.2, 0) is 14.3 Å². The van der Waals surface area contributed by atoms with Crippen LogP contribution < -0.4 is 10.2 Å². The number of hydrogen-bond donors (Lipinski definition) is 1. The molecular weight excluding hydrogens is 280 g/mol. The minimum Gasteiger partial charge on any atom is -0.383 e. The maximum atomic E-state index is 12.2. The summed E-state index contributed by atoms with van der Waals surface area (Å²) in [7, 11) is 1.59. The molecule has 22 heavy (non-hydrogen) atoms. The van der Waals surface area contributed by atoms with Gasteiger partial charge in [-0.25, -0.2) is 0 Å². The molecule has 0 aliphatic carbocycles. The highest BCUT2D eigenvalue weighted by Gasteiger charge is 2.34. The van der Waals surface area contributed by atoms with E-state index in [1.165, 1.54) is 5.56 Å². The van der Waals surface area contributed by atoms with E-state index in [9.17, 15) is 9.59 Å². The zero-order chi connectivity index (χ0) is 16.1. The van der Waals surface area contributed by atoms with E-state index in [4.69, 9.17) is 4.74 Å². The Morgan fingerprint density at radius 1 is 1.36 bits per heavy atom. The Kier molecular flexibility index (Phi) is 5.55. The minimum absolute atomic E-state index is 0.00388. The van der Waals surface area contributed by atoms with Gasteiger partial charge in [-0.3, -0.25) is 9.59 Å². The fourth-order valence-electron chi connectivity index (χ4n) is 2.59. The van der Waals surface area contributed by atoms with Gasteiger partial charge in [-0.1, -0.05) is 26.0 Å². The number of benzene rings is 1. The van der Waals surface area contributed by atoms with Gasteiger partial charge in [-0.05, 0) is 23.6 Å². The molecule has 0 bridgehead atoms. The second-order valence-corrected chi connectivity index (χ2v) is 5.94. The van der Waals surface area contributed by atoms with Gasteiger partial charge in [-0.2, -0.15) is 0 Å². The number of ether oxygens (including phenoxy) is 1. The number of anilines is 1. The summed E-state index contributed by atoms with van der Waals surface area (Å²) in [5.74, 6) is 0.104. The lowest BCUT2D eigenvalue weighted by atomic mass is 10.0. The van der Waals surface area contributed by atoms with Crippen LogP contribution in [0.3, 0.4) is 0 Å². The van der Waals surface area contributed by atoms with Crippen LogP contribution in [0.1, 0.15) is 31.7 Å². The lowest BCUT2D eigenvalue weighted by Crippen LogP contribution is -2.34. The molecule has 5 heteroatoms. The first kappa shape index (κ1) is 16.5. The van der Waals surface area contributed by atoms with Crippen molar-refractivity contribution < 1.29 is 14.3 Å². The normalized spacial score (nSPS) is 18.1. The summed E-state index contributed by atoms with van der Waals surface area (Å²) in [4.78, 5) is 25.9. The first-order valence-electron chi connectivity index (χ1n) is 7.70. The number of hydrogen-bond acceptors (Lipinski definition) is 3. The van der Waals surface area contributed by atoms with E-state index < -0.39 is 0 Å². The monoisotopic (exact) mass is 304 g/mol. The van der Waals surface area contributed by atoms with Crippen molar-refractivity contribution in [2.45, 2.75) is 26.2 Å². The first-order chi connectivity index (χ1) is 10.5. The molecule has 1 heterocycles. The Morgan fingerprint density at radius 3 is 2.64 bits per heavy atom. The van der Waals surface area contributed by atoms with Crippen LogP contribution >= 0.6 is 0 Å². The van der Waals surface area contributed by atoms with Crippen molar-refractivity contribution in [3.8, 4) is 0 Å². The van der Waals surface area contributed by atoms with E-state index in [0.717, 1.165) is 5.69 Å². The van der Waals surface area contributed by atoms with Crippen LogP contribution in [0.15, 0.2) is 24.3 Å². The van der Waals surface area contributed by atoms with Crippen LogP contribution in [0.2, 0.25) is 0 Å². The van der Waals surface area contributed by atoms with Crippen molar-refractivity contribution in [1.82, 2.24) is 5.32 Å². The largest absolute Gasteiger partial charge is 0.383 e. The molecule has 1 aromatic carbocycles. The standard InChI is InChI=1S/C17H24N2O3/c1-12(2)13-4-6-15(7-5-13)19-11-14(10-16(19)20)17(21)18-8-9-22-3/h4-7,12,14H,8-11H2,1-3H3,(H,18,21). The van der Waals surface area contributed by atoms with E-state index >= 15 is 0 Å². The number of nitrogens with zero attached hydrogens (tertiary/aromatic N) is 1. The van der Waals surface area contributed by atoms with Gasteiger partial charge in [0.25, 0.3) is 0 Å². The number of carbonyl (C=O) groups is 2.